The summed E-state index contributed by atoms with van der Waals surface area (Å²) < 4.78 is 15.0. The quantitative estimate of drug-likeness (QED) is 0.511. The van der Waals surface area contributed by atoms with Crippen LogP contribution < -0.4 is 5.73 Å². The fourth-order valence-corrected chi connectivity index (χ4v) is 2.48. The average Bonchev–Trinajstić information content (AvgIpc) is 2.76. The van der Waals surface area contributed by atoms with E-state index in [1.165, 1.54) is 23.9 Å². The monoisotopic (exact) mass is 297 g/mol. The summed E-state index contributed by atoms with van der Waals surface area (Å²) in [6, 6.07) is 3.50. The number of nitrogens with zero attached hydrogens (tertiary/aromatic N) is 4. The first-order valence-electron chi connectivity index (χ1n) is 5.66. The van der Waals surface area contributed by atoms with Crippen molar-refractivity contribution >= 4 is 17.4 Å². The molecule has 0 radical (unpaired) electrons. The number of nitrogens with two attached hydrogens (primary N) is 1. The second-order valence-electron chi connectivity index (χ2n) is 4.03. The van der Waals surface area contributed by atoms with Gasteiger partial charge in [0.2, 0.25) is 0 Å². The number of thioether (sulfide) groups is 1. The molecule has 0 amide bonds. The highest BCUT2D eigenvalue weighted by atomic mass is 32.2. The molecular formula is C11H12FN5O2S. The fraction of sp³-hybridized carbons (Fsp3) is 0.273. The molecule has 7 nitrogen and oxygen atoms in total. The number of non-ortho nitro benzene ring substituents is 1. The minimum atomic E-state index is -0.629. The molecule has 0 bridgehead atoms. The summed E-state index contributed by atoms with van der Waals surface area (Å²) in [5.41, 5.74) is 5.74. The Morgan fingerprint density at radius 2 is 2.20 bits per heavy atom. The predicted molar refractivity (Wildman–Crippen MR) is 71.5 cm³/mol. The van der Waals surface area contributed by atoms with Crippen LogP contribution in [0.15, 0.2) is 23.4 Å². The van der Waals surface area contributed by atoms with Crippen LogP contribution in [0.5, 0.6) is 0 Å². The number of hydrogen-bond donors (Lipinski definition) is 1. The molecule has 0 saturated carbocycles. The van der Waals surface area contributed by atoms with Gasteiger partial charge in [-0.25, -0.2) is 4.39 Å². The summed E-state index contributed by atoms with van der Waals surface area (Å²) in [4.78, 5) is 10.0. The normalized spacial score (nSPS) is 10.8. The molecule has 0 aliphatic carbocycles. The molecule has 0 aliphatic rings. The van der Waals surface area contributed by atoms with Gasteiger partial charge in [-0.2, -0.15) is 0 Å². The van der Waals surface area contributed by atoms with Crippen LogP contribution >= 0.6 is 11.8 Å². The van der Waals surface area contributed by atoms with Gasteiger partial charge in [0.05, 0.1) is 17.5 Å². The van der Waals surface area contributed by atoms with Crippen LogP contribution in [0.2, 0.25) is 0 Å². The number of benzene rings is 1. The molecule has 2 rings (SSSR count). The van der Waals surface area contributed by atoms with Gasteiger partial charge in [0.25, 0.3) is 5.69 Å². The highest BCUT2D eigenvalue weighted by Gasteiger charge is 2.12. The molecule has 0 spiro atoms. The number of nitro groups is 1. The van der Waals surface area contributed by atoms with E-state index >= 15 is 0 Å². The second-order valence-corrected chi connectivity index (χ2v) is 4.97. The molecule has 0 unspecified atom stereocenters. The molecule has 1 heterocycles. The number of hydrogen-bond acceptors (Lipinski definition) is 6. The smallest absolute Gasteiger partial charge is 0.272 e. The van der Waals surface area contributed by atoms with E-state index in [2.05, 4.69) is 10.2 Å². The van der Waals surface area contributed by atoms with Crippen LogP contribution in [0.25, 0.3) is 0 Å². The topological polar surface area (TPSA) is 99.9 Å². The highest BCUT2D eigenvalue weighted by Crippen LogP contribution is 2.24. The summed E-state index contributed by atoms with van der Waals surface area (Å²) in [5.74, 6) is 0.364. The minimum absolute atomic E-state index is 0.263. The SMILES string of the molecule is Cn1c(CN)nnc1SCc1cc(F)cc([N+](=O)[O-])c1. The van der Waals surface area contributed by atoms with Gasteiger partial charge < -0.3 is 10.3 Å². The van der Waals surface area contributed by atoms with Crippen molar-refractivity contribution in [1.82, 2.24) is 14.8 Å². The van der Waals surface area contributed by atoms with Gasteiger partial charge in [0.1, 0.15) is 11.6 Å². The Morgan fingerprint density at radius 1 is 1.45 bits per heavy atom. The fourth-order valence-electron chi connectivity index (χ4n) is 1.62. The van der Waals surface area contributed by atoms with Crippen molar-refractivity contribution in [2.45, 2.75) is 17.5 Å². The molecule has 9 heteroatoms. The van der Waals surface area contributed by atoms with E-state index in [0.717, 1.165) is 6.07 Å². The van der Waals surface area contributed by atoms with E-state index in [-0.39, 0.29) is 12.2 Å². The average molecular weight is 297 g/mol. The van der Waals surface area contributed by atoms with Crippen LogP contribution in [-0.2, 0) is 19.3 Å². The lowest BCUT2D eigenvalue weighted by Gasteiger charge is -2.03. The lowest BCUT2D eigenvalue weighted by Crippen LogP contribution is -2.05. The number of halogens is 1. The van der Waals surface area contributed by atoms with E-state index in [4.69, 9.17) is 5.73 Å². The first-order chi connectivity index (χ1) is 9.51. The van der Waals surface area contributed by atoms with Crippen LogP contribution in [0.4, 0.5) is 10.1 Å². The Labute approximate surface area is 118 Å². The van der Waals surface area contributed by atoms with Gasteiger partial charge in [-0.1, -0.05) is 11.8 Å². The zero-order chi connectivity index (χ0) is 14.7. The Bertz CT molecular complexity index is 646. The third-order valence-corrected chi connectivity index (χ3v) is 3.72. The van der Waals surface area contributed by atoms with E-state index in [1.54, 1.807) is 11.6 Å². The van der Waals surface area contributed by atoms with Crippen molar-refractivity contribution in [3.63, 3.8) is 0 Å². The maximum Gasteiger partial charge on any atom is 0.272 e. The van der Waals surface area contributed by atoms with Gasteiger partial charge in [0, 0.05) is 18.9 Å². The summed E-state index contributed by atoms with van der Waals surface area (Å²) >= 11 is 1.31. The minimum Gasteiger partial charge on any atom is -0.324 e. The Hall–Kier alpha value is -2.00. The van der Waals surface area contributed by atoms with Gasteiger partial charge in [-0.3, -0.25) is 10.1 Å². The molecule has 0 saturated heterocycles. The highest BCUT2D eigenvalue weighted by molar-refractivity contribution is 7.98. The molecule has 1 aromatic heterocycles. The molecule has 0 fully saturated rings. The maximum absolute atomic E-state index is 13.3. The molecule has 20 heavy (non-hydrogen) atoms. The molecule has 2 aromatic rings. The van der Waals surface area contributed by atoms with E-state index < -0.39 is 10.7 Å². The molecular weight excluding hydrogens is 285 g/mol. The van der Waals surface area contributed by atoms with Crippen molar-refractivity contribution in [2.75, 3.05) is 0 Å². The molecule has 2 N–H and O–H groups in total. The van der Waals surface area contributed by atoms with Crippen molar-refractivity contribution in [1.29, 1.82) is 0 Å². The van der Waals surface area contributed by atoms with Gasteiger partial charge in [-0.15, -0.1) is 10.2 Å². The van der Waals surface area contributed by atoms with Crippen LogP contribution in [0, 0.1) is 15.9 Å². The third kappa shape index (κ3) is 3.11. The van der Waals surface area contributed by atoms with E-state index in [0.29, 0.717) is 22.3 Å². The maximum atomic E-state index is 13.3. The Morgan fingerprint density at radius 3 is 2.80 bits per heavy atom. The van der Waals surface area contributed by atoms with Gasteiger partial charge >= 0.3 is 0 Å². The largest absolute Gasteiger partial charge is 0.324 e. The number of nitro benzene ring substituents is 1. The third-order valence-electron chi connectivity index (χ3n) is 2.63. The molecule has 0 atom stereocenters. The number of aromatic nitrogens is 3. The molecule has 106 valence electrons. The lowest BCUT2D eigenvalue weighted by molar-refractivity contribution is -0.385. The van der Waals surface area contributed by atoms with Crippen LogP contribution in [0.1, 0.15) is 11.4 Å². The summed E-state index contributed by atoms with van der Waals surface area (Å²) in [6.45, 7) is 0.273. The first-order valence-corrected chi connectivity index (χ1v) is 6.65. The summed E-state index contributed by atoms with van der Waals surface area (Å²) in [6.07, 6.45) is 0. The summed E-state index contributed by atoms with van der Waals surface area (Å²) in [5, 5.41) is 19.1. The van der Waals surface area contributed by atoms with Crippen molar-refractivity contribution in [3.8, 4) is 0 Å². The molecule has 1 aromatic carbocycles. The van der Waals surface area contributed by atoms with Crippen LogP contribution in [-0.4, -0.2) is 19.7 Å². The second kappa shape index (κ2) is 5.97. The van der Waals surface area contributed by atoms with Crippen molar-refractivity contribution < 1.29 is 9.31 Å². The van der Waals surface area contributed by atoms with Gasteiger partial charge in [-0.05, 0) is 11.6 Å². The van der Waals surface area contributed by atoms with Crippen molar-refractivity contribution in [3.05, 3.63) is 45.5 Å². The van der Waals surface area contributed by atoms with E-state index in [9.17, 15) is 14.5 Å². The molecule has 0 aliphatic heterocycles. The zero-order valence-corrected chi connectivity index (χ0v) is 11.4. The standard InChI is InChI=1S/C11H12FN5O2S/c1-16-10(5-13)14-15-11(16)20-6-7-2-8(12)4-9(3-7)17(18)19/h2-4H,5-6,13H2,1H3. The van der Waals surface area contributed by atoms with Gasteiger partial charge in [0.15, 0.2) is 5.16 Å². The Balaban J connectivity index is 2.14. The number of rotatable bonds is 5. The lowest BCUT2D eigenvalue weighted by atomic mass is 10.2. The summed E-state index contributed by atoms with van der Waals surface area (Å²) in [7, 11) is 1.78. The van der Waals surface area contributed by atoms with Crippen LogP contribution in [0.3, 0.4) is 0 Å². The van der Waals surface area contributed by atoms with Crippen molar-refractivity contribution in [2.24, 2.45) is 12.8 Å². The Kier molecular flexibility index (Phi) is 4.30. The predicted octanol–water partition coefficient (Wildman–Crippen LogP) is 1.61. The first kappa shape index (κ1) is 14.4. The zero-order valence-electron chi connectivity index (χ0n) is 10.6. The van der Waals surface area contributed by atoms with E-state index in [1.807, 2.05) is 0 Å².